The van der Waals surface area contributed by atoms with Crippen molar-refractivity contribution in [3.8, 4) is 0 Å². The molecule has 0 aromatic rings. The number of carbonyl (C=O) groups is 1. The molecule has 2 nitrogen and oxygen atoms in total. The van der Waals surface area contributed by atoms with E-state index in [1.165, 1.54) is 32.1 Å². The quantitative estimate of drug-likeness (QED) is 0.494. The zero-order valence-corrected chi connectivity index (χ0v) is 9.96. The number of rotatable bonds is 6. The minimum atomic E-state index is 0.0195. The Morgan fingerprint density at radius 2 is 2.00 bits per heavy atom. The molecule has 88 valence electrons. The minimum Gasteiger partial charge on any atom is -0.462 e. The maximum Gasteiger partial charge on any atom is 0.306 e. The second-order valence-electron chi connectivity index (χ2n) is 4.56. The van der Waals surface area contributed by atoms with Crippen LogP contribution in [0.1, 0.15) is 71.1 Å². The Labute approximate surface area is 93.4 Å². The van der Waals surface area contributed by atoms with Crippen molar-refractivity contribution in [2.75, 3.05) is 0 Å². The average Bonchev–Trinajstić information content (AvgIpc) is 2.43. The van der Waals surface area contributed by atoms with Gasteiger partial charge in [-0.3, -0.25) is 4.79 Å². The summed E-state index contributed by atoms with van der Waals surface area (Å²) in [6.07, 6.45) is 11.7. The Kier molecular flexibility index (Phi) is 6.45. The number of hydrogen-bond acceptors (Lipinski definition) is 2. The molecule has 0 amide bonds. The number of ether oxygens (including phenoxy) is 1. The van der Waals surface area contributed by atoms with Crippen molar-refractivity contribution in [2.45, 2.75) is 77.2 Å². The van der Waals surface area contributed by atoms with Crippen LogP contribution in [0.4, 0.5) is 0 Å². The van der Waals surface area contributed by atoms with Gasteiger partial charge in [-0.25, -0.2) is 0 Å². The smallest absolute Gasteiger partial charge is 0.306 e. The summed E-state index contributed by atoms with van der Waals surface area (Å²) in [5.41, 5.74) is 0. The molecule has 1 fully saturated rings. The summed E-state index contributed by atoms with van der Waals surface area (Å²) in [5.74, 6) is 0.0195. The summed E-state index contributed by atoms with van der Waals surface area (Å²) in [7, 11) is 0. The molecule has 0 radical (unpaired) electrons. The number of cyclic esters (lactones) is 1. The van der Waals surface area contributed by atoms with Gasteiger partial charge in [-0.15, -0.1) is 0 Å². The molecular formula is C13H24O2. The molecule has 0 bridgehead atoms. The van der Waals surface area contributed by atoms with E-state index < -0.39 is 0 Å². The van der Waals surface area contributed by atoms with Crippen molar-refractivity contribution >= 4 is 5.97 Å². The van der Waals surface area contributed by atoms with Crippen molar-refractivity contribution in [2.24, 2.45) is 0 Å². The average molecular weight is 212 g/mol. The molecule has 0 spiro atoms. The topological polar surface area (TPSA) is 26.3 Å². The maximum atomic E-state index is 11.2. The van der Waals surface area contributed by atoms with Gasteiger partial charge in [-0.1, -0.05) is 32.6 Å². The molecule has 0 aliphatic carbocycles. The molecule has 0 aromatic carbocycles. The van der Waals surface area contributed by atoms with Crippen LogP contribution in [0.25, 0.3) is 0 Å². The molecule has 15 heavy (non-hydrogen) atoms. The summed E-state index contributed by atoms with van der Waals surface area (Å²) in [5, 5.41) is 0. The summed E-state index contributed by atoms with van der Waals surface area (Å²) in [6.45, 7) is 2.23. The van der Waals surface area contributed by atoms with Crippen LogP contribution in [-0.4, -0.2) is 12.1 Å². The highest BCUT2D eigenvalue weighted by Gasteiger charge is 2.17. The van der Waals surface area contributed by atoms with Crippen molar-refractivity contribution in [3.05, 3.63) is 0 Å². The van der Waals surface area contributed by atoms with E-state index in [1.54, 1.807) is 0 Å². The van der Waals surface area contributed by atoms with Gasteiger partial charge in [0.1, 0.15) is 6.10 Å². The highest BCUT2D eigenvalue weighted by atomic mass is 16.5. The van der Waals surface area contributed by atoms with E-state index in [0.717, 1.165) is 25.7 Å². The lowest BCUT2D eigenvalue weighted by molar-refractivity contribution is -0.148. The monoisotopic (exact) mass is 212 g/mol. The van der Waals surface area contributed by atoms with Gasteiger partial charge in [0.2, 0.25) is 0 Å². The molecule has 1 unspecified atom stereocenters. The van der Waals surface area contributed by atoms with E-state index in [2.05, 4.69) is 6.92 Å². The Hall–Kier alpha value is -0.530. The number of unbranched alkanes of at least 4 members (excludes halogenated alkanes) is 4. The van der Waals surface area contributed by atoms with Crippen LogP contribution in [0, 0.1) is 0 Å². The first-order chi connectivity index (χ1) is 7.33. The minimum absolute atomic E-state index is 0.0195. The summed E-state index contributed by atoms with van der Waals surface area (Å²) in [4.78, 5) is 11.2. The Morgan fingerprint density at radius 3 is 2.80 bits per heavy atom. The van der Waals surface area contributed by atoms with Gasteiger partial charge < -0.3 is 4.74 Å². The fourth-order valence-corrected chi connectivity index (χ4v) is 2.12. The van der Waals surface area contributed by atoms with Crippen LogP contribution >= 0.6 is 0 Å². The number of carbonyl (C=O) groups excluding carboxylic acids is 1. The van der Waals surface area contributed by atoms with Crippen molar-refractivity contribution in [3.63, 3.8) is 0 Å². The Bertz CT molecular complexity index is 177. The van der Waals surface area contributed by atoms with Crippen molar-refractivity contribution in [1.29, 1.82) is 0 Å². The first kappa shape index (κ1) is 12.5. The standard InChI is InChI=1S/C13H24O2/c1-2-3-4-5-6-9-12-10-7-8-11-13(14)15-12/h12H,2-11H2,1H3. The fraction of sp³-hybridized carbons (Fsp3) is 0.923. The van der Waals surface area contributed by atoms with E-state index >= 15 is 0 Å². The third-order valence-electron chi connectivity index (χ3n) is 3.08. The Balaban J connectivity index is 2.06. The molecule has 1 aliphatic heterocycles. The molecule has 2 heteroatoms. The van der Waals surface area contributed by atoms with Crippen LogP contribution in [0.2, 0.25) is 0 Å². The van der Waals surface area contributed by atoms with Gasteiger partial charge >= 0.3 is 5.97 Å². The van der Waals surface area contributed by atoms with Crippen LogP contribution in [-0.2, 0) is 9.53 Å². The van der Waals surface area contributed by atoms with Gasteiger partial charge in [-0.05, 0) is 32.1 Å². The van der Waals surface area contributed by atoms with Crippen molar-refractivity contribution in [1.82, 2.24) is 0 Å². The summed E-state index contributed by atoms with van der Waals surface area (Å²) in [6, 6.07) is 0. The fourth-order valence-electron chi connectivity index (χ4n) is 2.12. The maximum absolute atomic E-state index is 11.2. The summed E-state index contributed by atoms with van der Waals surface area (Å²) < 4.78 is 5.38. The molecular weight excluding hydrogens is 188 g/mol. The number of esters is 1. The molecule has 0 saturated carbocycles. The van der Waals surface area contributed by atoms with E-state index in [9.17, 15) is 4.79 Å². The summed E-state index contributed by atoms with van der Waals surface area (Å²) >= 11 is 0. The van der Waals surface area contributed by atoms with Crippen LogP contribution in [0.3, 0.4) is 0 Å². The first-order valence-electron chi connectivity index (χ1n) is 6.52. The van der Waals surface area contributed by atoms with Gasteiger partial charge in [0.25, 0.3) is 0 Å². The van der Waals surface area contributed by atoms with Crippen molar-refractivity contribution < 1.29 is 9.53 Å². The third kappa shape index (κ3) is 5.81. The van der Waals surface area contributed by atoms with Gasteiger partial charge in [0.15, 0.2) is 0 Å². The van der Waals surface area contributed by atoms with Crippen LogP contribution < -0.4 is 0 Å². The highest BCUT2D eigenvalue weighted by Crippen LogP contribution is 2.19. The van der Waals surface area contributed by atoms with Crippen LogP contribution in [0.15, 0.2) is 0 Å². The first-order valence-corrected chi connectivity index (χ1v) is 6.52. The Morgan fingerprint density at radius 1 is 1.20 bits per heavy atom. The van der Waals surface area contributed by atoms with Crippen LogP contribution in [0.5, 0.6) is 0 Å². The highest BCUT2D eigenvalue weighted by molar-refractivity contribution is 5.69. The second kappa shape index (κ2) is 7.72. The largest absolute Gasteiger partial charge is 0.462 e. The lowest BCUT2D eigenvalue weighted by atomic mass is 10.0. The lowest BCUT2D eigenvalue weighted by Crippen LogP contribution is -2.15. The molecule has 1 rings (SSSR count). The molecule has 1 saturated heterocycles. The zero-order chi connectivity index (χ0) is 10.9. The molecule has 0 N–H and O–H groups in total. The van der Waals surface area contributed by atoms with E-state index in [1.807, 2.05) is 0 Å². The molecule has 1 aliphatic rings. The lowest BCUT2D eigenvalue weighted by Gasteiger charge is -2.14. The van der Waals surface area contributed by atoms with E-state index in [0.29, 0.717) is 6.42 Å². The van der Waals surface area contributed by atoms with E-state index in [-0.39, 0.29) is 12.1 Å². The van der Waals surface area contributed by atoms with E-state index in [4.69, 9.17) is 4.74 Å². The molecule has 0 aromatic heterocycles. The van der Waals surface area contributed by atoms with Gasteiger partial charge in [-0.2, -0.15) is 0 Å². The zero-order valence-electron chi connectivity index (χ0n) is 9.96. The molecule has 1 heterocycles. The predicted octanol–water partition coefficient (Wildman–Crippen LogP) is 3.83. The van der Waals surface area contributed by atoms with Gasteiger partial charge in [0.05, 0.1) is 0 Å². The number of hydrogen-bond donors (Lipinski definition) is 0. The SMILES string of the molecule is CCCCCCCC1CCCCC(=O)O1. The third-order valence-corrected chi connectivity index (χ3v) is 3.08. The normalized spacial score (nSPS) is 22.2. The molecule has 1 atom stereocenters. The van der Waals surface area contributed by atoms with Gasteiger partial charge in [0, 0.05) is 6.42 Å². The second-order valence-corrected chi connectivity index (χ2v) is 4.56. The predicted molar refractivity (Wildman–Crippen MR) is 61.7 cm³/mol.